The Bertz CT molecular complexity index is 1010. The number of ether oxygens (including phenoxy) is 3. The lowest BCUT2D eigenvalue weighted by Crippen LogP contribution is -2.55. The number of carbonyl (C=O) groups excluding carboxylic acids is 2. The molecule has 0 aliphatic heterocycles. The summed E-state index contributed by atoms with van der Waals surface area (Å²) in [5, 5.41) is 0. The molecule has 30 heavy (non-hydrogen) atoms. The molecule has 4 aliphatic carbocycles. The highest BCUT2D eigenvalue weighted by Gasteiger charge is 2.74. The van der Waals surface area contributed by atoms with E-state index in [1.807, 2.05) is 12.1 Å². The highest BCUT2D eigenvalue weighted by atomic mass is 16.6. The normalized spacial score (nSPS) is 37.5. The zero-order valence-corrected chi connectivity index (χ0v) is 18.0. The topological polar surface area (TPSA) is 61.8 Å². The minimum Gasteiger partial charge on any atom is -0.497 e. The smallest absolute Gasteiger partial charge is 0.337 e. The summed E-state index contributed by atoms with van der Waals surface area (Å²) in [6.07, 6.45) is 10.1. The number of hydrogen-bond acceptors (Lipinski definition) is 5. The third-order valence-electron chi connectivity index (χ3n) is 8.39. The highest BCUT2D eigenvalue weighted by Crippen LogP contribution is 2.74. The van der Waals surface area contributed by atoms with E-state index in [2.05, 4.69) is 31.2 Å². The zero-order valence-electron chi connectivity index (χ0n) is 18.0. The van der Waals surface area contributed by atoms with Crippen molar-refractivity contribution in [1.29, 1.82) is 0 Å². The van der Waals surface area contributed by atoms with Crippen LogP contribution < -0.4 is 4.74 Å². The molecule has 1 fully saturated rings. The van der Waals surface area contributed by atoms with E-state index in [4.69, 9.17) is 14.2 Å². The molecule has 0 N–H and O–H groups in total. The average molecular weight is 408 g/mol. The molecule has 158 valence electrons. The van der Waals surface area contributed by atoms with Gasteiger partial charge in [-0.2, -0.15) is 0 Å². The van der Waals surface area contributed by atoms with Crippen LogP contribution in [0.5, 0.6) is 5.75 Å². The van der Waals surface area contributed by atoms with Crippen molar-refractivity contribution >= 4 is 11.9 Å². The van der Waals surface area contributed by atoms with Crippen molar-refractivity contribution in [3.05, 3.63) is 53.1 Å². The third kappa shape index (κ3) is 2.13. The molecule has 0 saturated heterocycles. The van der Waals surface area contributed by atoms with Crippen LogP contribution in [0.3, 0.4) is 0 Å². The highest BCUT2D eigenvalue weighted by molar-refractivity contribution is 5.95. The summed E-state index contributed by atoms with van der Waals surface area (Å²) in [5.41, 5.74) is 1.47. The third-order valence-corrected chi connectivity index (χ3v) is 8.39. The Balaban J connectivity index is 1.64. The quantitative estimate of drug-likeness (QED) is 0.556. The number of rotatable bonds is 3. The number of aryl methyl sites for hydroxylation is 1. The first-order valence-corrected chi connectivity index (χ1v) is 10.7. The first-order chi connectivity index (χ1) is 14.3. The zero-order chi connectivity index (χ0) is 21.3. The first kappa shape index (κ1) is 19.4. The van der Waals surface area contributed by atoms with E-state index in [9.17, 15) is 9.59 Å². The van der Waals surface area contributed by atoms with Crippen molar-refractivity contribution in [2.75, 3.05) is 14.2 Å². The van der Waals surface area contributed by atoms with Gasteiger partial charge in [-0.15, -0.1) is 0 Å². The van der Waals surface area contributed by atoms with Crippen LogP contribution in [0, 0.1) is 16.7 Å². The van der Waals surface area contributed by atoms with Gasteiger partial charge >= 0.3 is 11.9 Å². The number of allylic oxidation sites excluding steroid dienone is 2. The van der Waals surface area contributed by atoms with Crippen LogP contribution in [0.15, 0.2) is 42.0 Å². The number of fused-ring (bicyclic) bond motifs is 3. The van der Waals surface area contributed by atoms with Gasteiger partial charge in [-0.3, -0.25) is 4.79 Å². The lowest BCUT2D eigenvalue weighted by Gasteiger charge is -2.56. The Morgan fingerprint density at radius 3 is 2.63 bits per heavy atom. The van der Waals surface area contributed by atoms with Gasteiger partial charge in [0, 0.05) is 17.8 Å². The minimum atomic E-state index is -1.04. The second-order valence-electron chi connectivity index (χ2n) is 9.33. The fourth-order valence-electron chi connectivity index (χ4n) is 7.06. The molecule has 5 rings (SSSR count). The Morgan fingerprint density at radius 1 is 1.13 bits per heavy atom. The van der Waals surface area contributed by atoms with Gasteiger partial charge in [0.2, 0.25) is 0 Å². The molecule has 5 nitrogen and oxygen atoms in total. The lowest BCUT2D eigenvalue weighted by molar-refractivity contribution is -0.167. The van der Waals surface area contributed by atoms with Crippen molar-refractivity contribution in [3.8, 4) is 5.75 Å². The summed E-state index contributed by atoms with van der Waals surface area (Å²) in [4.78, 5) is 24.9. The summed E-state index contributed by atoms with van der Waals surface area (Å²) < 4.78 is 16.5. The maximum absolute atomic E-state index is 12.8. The molecule has 5 heteroatoms. The van der Waals surface area contributed by atoms with Crippen molar-refractivity contribution in [2.24, 2.45) is 16.7 Å². The average Bonchev–Trinajstić information content (AvgIpc) is 3.12. The van der Waals surface area contributed by atoms with Crippen molar-refractivity contribution in [1.82, 2.24) is 0 Å². The maximum atomic E-state index is 12.8. The Kier molecular flexibility index (Phi) is 4.03. The number of hydrogen-bond donors (Lipinski definition) is 0. The van der Waals surface area contributed by atoms with Gasteiger partial charge in [-0.1, -0.05) is 25.1 Å². The van der Waals surface area contributed by atoms with Crippen LogP contribution >= 0.6 is 0 Å². The summed E-state index contributed by atoms with van der Waals surface area (Å²) in [6, 6.07) is 6.42. The van der Waals surface area contributed by atoms with Gasteiger partial charge in [0.15, 0.2) is 5.60 Å². The van der Waals surface area contributed by atoms with Gasteiger partial charge in [0.05, 0.1) is 19.8 Å². The molecule has 0 unspecified atom stereocenters. The van der Waals surface area contributed by atoms with E-state index in [0.717, 1.165) is 31.4 Å². The second kappa shape index (κ2) is 6.22. The monoisotopic (exact) mass is 408 g/mol. The molecule has 4 aliphatic rings. The molecule has 2 bridgehead atoms. The predicted octanol–water partition coefficient (Wildman–Crippen LogP) is 4.11. The number of esters is 2. The van der Waals surface area contributed by atoms with E-state index in [-0.39, 0.29) is 16.8 Å². The van der Waals surface area contributed by atoms with Crippen molar-refractivity contribution in [3.63, 3.8) is 0 Å². The molecule has 0 heterocycles. The number of benzene rings is 1. The minimum absolute atomic E-state index is 0.327. The van der Waals surface area contributed by atoms with E-state index >= 15 is 0 Å². The Morgan fingerprint density at radius 2 is 1.93 bits per heavy atom. The van der Waals surface area contributed by atoms with Crippen LogP contribution in [0.2, 0.25) is 0 Å². The summed E-state index contributed by atoms with van der Waals surface area (Å²) in [5.74, 6) is 0.853. The number of carbonyl (C=O) groups is 2. The molecular formula is C25H28O5. The van der Waals surface area contributed by atoms with Gasteiger partial charge < -0.3 is 14.2 Å². The summed E-state index contributed by atoms with van der Waals surface area (Å²) >= 11 is 0. The molecule has 5 atom stereocenters. The van der Waals surface area contributed by atoms with E-state index in [1.165, 1.54) is 25.2 Å². The van der Waals surface area contributed by atoms with Crippen LogP contribution in [0.1, 0.15) is 50.2 Å². The van der Waals surface area contributed by atoms with Gasteiger partial charge in [-0.05, 0) is 66.9 Å². The van der Waals surface area contributed by atoms with Gasteiger partial charge in [0.1, 0.15) is 5.75 Å². The summed E-state index contributed by atoms with van der Waals surface area (Å²) in [6.45, 7) is 3.59. The SMILES string of the molecule is COC(=O)C1=C[C@]23C=C[C@]1(OC(C)=O)[C@@]2(C)CC[C@@H]1c2ccc(OC)cc2CC[C@@H]13. The molecule has 1 aromatic carbocycles. The predicted molar refractivity (Wildman–Crippen MR) is 111 cm³/mol. The van der Waals surface area contributed by atoms with Crippen LogP contribution in [0.25, 0.3) is 0 Å². The molecule has 1 saturated carbocycles. The van der Waals surface area contributed by atoms with Crippen molar-refractivity contribution < 1.29 is 23.8 Å². The molecular weight excluding hydrogens is 380 g/mol. The fraction of sp³-hybridized carbons (Fsp3) is 0.520. The fourth-order valence-corrected chi connectivity index (χ4v) is 7.06. The maximum Gasteiger partial charge on any atom is 0.337 e. The summed E-state index contributed by atoms with van der Waals surface area (Å²) in [7, 11) is 3.09. The molecule has 0 aromatic heterocycles. The van der Waals surface area contributed by atoms with E-state index in [1.54, 1.807) is 7.11 Å². The molecule has 0 amide bonds. The molecule has 0 spiro atoms. The lowest BCUT2D eigenvalue weighted by atomic mass is 9.47. The van der Waals surface area contributed by atoms with E-state index < -0.39 is 11.6 Å². The Hall–Kier alpha value is -2.56. The molecule has 0 radical (unpaired) electrons. The van der Waals surface area contributed by atoms with E-state index in [0.29, 0.717) is 17.4 Å². The second-order valence-corrected chi connectivity index (χ2v) is 9.33. The van der Waals surface area contributed by atoms with Gasteiger partial charge in [-0.25, -0.2) is 4.79 Å². The molecule has 1 aromatic rings. The van der Waals surface area contributed by atoms with Gasteiger partial charge in [0.25, 0.3) is 0 Å². The standard InChI is InChI=1S/C25H28O5/c1-15(26)30-25-12-11-24(14-21(25)22(27)29-4)20-8-5-16-13-17(28-3)6-7-18(16)19(20)9-10-23(24,25)2/h6-7,11-14,19-20H,5,8-10H2,1-4H3/t19-,20+,23+,24+,25-/m1/s1. The van der Waals surface area contributed by atoms with Crippen LogP contribution in [-0.4, -0.2) is 31.8 Å². The number of methoxy groups -OCH3 is 2. The van der Waals surface area contributed by atoms with Crippen LogP contribution in [-0.2, 0) is 25.5 Å². The first-order valence-electron chi connectivity index (χ1n) is 10.7. The van der Waals surface area contributed by atoms with Crippen molar-refractivity contribution in [2.45, 2.75) is 51.0 Å². The van der Waals surface area contributed by atoms with Crippen LogP contribution in [0.4, 0.5) is 0 Å². The Labute approximate surface area is 177 Å². The largest absolute Gasteiger partial charge is 0.497 e.